The van der Waals surface area contributed by atoms with Gasteiger partial charge >= 0.3 is 0 Å². The number of hydrogen-bond donors (Lipinski definition) is 1. The summed E-state index contributed by atoms with van der Waals surface area (Å²) < 4.78 is 5.71. The van der Waals surface area contributed by atoms with Gasteiger partial charge in [0.2, 0.25) is 5.88 Å². The smallest absolute Gasteiger partial charge is 0.238 e. The van der Waals surface area contributed by atoms with Gasteiger partial charge < -0.3 is 10.1 Å². The van der Waals surface area contributed by atoms with Crippen LogP contribution in [-0.4, -0.2) is 16.0 Å². The molecule has 1 heterocycles. The Labute approximate surface area is 113 Å². The third-order valence-electron chi connectivity index (χ3n) is 2.57. The van der Waals surface area contributed by atoms with Crippen LogP contribution in [0.15, 0.2) is 36.7 Å². The van der Waals surface area contributed by atoms with Gasteiger partial charge in [-0.1, -0.05) is 26.0 Å². The lowest BCUT2D eigenvalue weighted by molar-refractivity contribution is 0.454. The zero-order valence-corrected chi connectivity index (χ0v) is 11.6. The fourth-order valence-corrected chi connectivity index (χ4v) is 1.63. The molecular weight excluding hydrogens is 238 g/mol. The van der Waals surface area contributed by atoms with E-state index in [1.807, 2.05) is 31.2 Å². The zero-order chi connectivity index (χ0) is 13.7. The Morgan fingerprint density at radius 1 is 1.26 bits per heavy atom. The minimum Gasteiger partial charge on any atom is -0.437 e. The Bertz CT molecular complexity index is 540. The van der Waals surface area contributed by atoms with E-state index in [0.29, 0.717) is 18.5 Å². The standard InChI is InChI=1S/C15H19N3O/c1-11(2)17-9-13-8-16-10-15(18-13)19-14-6-4-5-12(3)7-14/h4-8,10-11,17H,9H2,1-3H3. The summed E-state index contributed by atoms with van der Waals surface area (Å²) in [5.74, 6) is 1.30. The van der Waals surface area contributed by atoms with Crippen molar-refractivity contribution in [3.63, 3.8) is 0 Å². The van der Waals surface area contributed by atoms with Gasteiger partial charge in [0.15, 0.2) is 0 Å². The number of aromatic nitrogens is 2. The molecule has 0 aliphatic heterocycles. The van der Waals surface area contributed by atoms with Crippen molar-refractivity contribution in [2.75, 3.05) is 0 Å². The molecule has 0 atom stereocenters. The fourth-order valence-electron chi connectivity index (χ4n) is 1.63. The highest BCUT2D eigenvalue weighted by Crippen LogP contribution is 2.19. The van der Waals surface area contributed by atoms with E-state index in [1.165, 1.54) is 0 Å². The van der Waals surface area contributed by atoms with Gasteiger partial charge in [-0.2, -0.15) is 0 Å². The predicted molar refractivity (Wildman–Crippen MR) is 75.3 cm³/mol. The average molecular weight is 257 g/mol. The highest BCUT2D eigenvalue weighted by molar-refractivity contribution is 5.30. The summed E-state index contributed by atoms with van der Waals surface area (Å²) >= 11 is 0. The first-order valence-electron chi connectivity index (χ1n) is 6.42. The normalized spacial score (nSPS) is 10.7. The summed E-state index contributed by atoms with van der Waals surface area (Å²) in [4.78, 5) is 8.58. The fraction of sp³-hybridized carbons (Fsp3) is 0.333. The largest absolute Gasteiger partial charge is 0.437 e. The minimum atomic E-state index is 0.420. The van der Waals surface area contributed by atoms with Crippen LogP contribution in [-0.2, 0) is 6.54 Å². The van der Waals surface area contributed by atoms with Crippen LogP contribution in [0.3, 0.4) is 0 Å². The minimum absolute atomic E-state index is 0.420. The molecule has 1 N–H and O–H groups in total. The maximum absolute atomic E-state index is 5.71. The summed E-state index contributed by atoms with van der Waals surface area (Å²) in [7, 11) is 0. The number of nitrogens with one attached hydrogen (secondary N) is 1. The molecule has 0 bridgehead atoms. The first-order chi connectivity index (χ1) is 9.13. The van der Waals surface area contributed by atoms with Crippen molar-refractivity contribution in [3.8, 4) is 11.6 Å². The van der Waals surface area contributed by atoms with Crippen molar-refractivity contribution >= 4 is 0 Å². The van der Waals surface area contributed by atoms with Gasteiger partial charge in [0.1, 0.15) is 5.75 Å². The van der Waals surface area contributed by atoms with Gasteiger partial charge in [-0.25, -0.2) is 4.98 Å². The zero-order valence-electron chi connectivity index (χ0n) is 11.6. The SMILES string of the molecule is Cc1cccc(Oc2cncc(CNC(C)C)n2)c1. The molecule has 19 heavy (non-hydrogen) atoms. The molecule has 0 aliphatic carbocycles. The van der Waals surface area contributed by atoms with Crippen molar-refractivity contribution in [3.05, 3.63) is 47.9 Å². The molecule has 0 spiro atoms. The van der Waals surface area contributed by atoms with Crippen LogP contribution in [0.5, 0.6) is 11.6 Å². The summed E-state index contributed by atoms with van der Waals surface area (Å²) in [6, 6.07) is 8.29. The van der Waals surface area contributed by atoms with E-state index in [0.717, 1.165) is 17.0 Å². The second-order valence-electron chi connectivity index (χ2n) is 4.80. The molecule has 0 saturated heterocycles. The Morgan fingerprint density at radius 2 is 2.11 bits per heavy atom. The first kappa shape index (κ1) is 13.5. The van der Waals surface area contributed by atoms with Crippen molar-refractivity contribution in [2.24, 2.45) is 0 Å². The molecule has 2 aromatic rings. The van der Waals surface area contributed by atoms with Gasteiger partial charge in [0.05, 0.1) is 11.9 Å². The number of benzene rings is 1. The summed E-state index contributed by atoms with van der Waals surface area (Å²) in [5.41, 5.74) is 2.03. The van der Waals surface area contributed by atoms with E-state index in [1.54, 1.807) is 12.4 Å². The van der Waals surface area contributed by atoms with Crippen LogP contribution in [0.2, 0.25) is 0 Å². The van der Waals surface area contributed by atoms with E-state index >= 15 is 0 Å². The predicted octanol–water partition coefficient (Wildman–Crippen LogP) is 3.08. The van der Waals surface area contributed by atoms with Gasteiger partial charge in [-0.05, 0) is 24.6 Å². The molecule has 0 saturated carbocycles. The Balaban J connectivity index is 2.06. The Kier molecular flexibility index (Phi) is 4.47. The average Bonchev–Trinajstić information content (AvgIpc) is 2.37. The Morgan fingerprint density at radius 3 is 2.84 bits per heavy atom. The van der Waals surface area contributed by atoms with Crippen molar-refractivity contribution < 1.29 is 4.74 Å². The molecule has 0 aliphatic rings. The number of hydrogen-bond acceptors (Lipinski definition) is 4. The molecule has 0 radical (unpaired) electrons. The molecule has 100 valence electrons. The topological polar surface area (TPSA) is 47.0 Å². The molecule has 4 heteroatoms. The van der Waals surface area contributed by atoms with Crippen LogP contribution in [0.1, 0.15) is 25.1 Å². The molecule has 1 aromatic carbocycles. The number of nitrogens with zero attached hydrogens (tertiary/aromatic N) is 2. The van der Waals surface area contributed by atoms with E-state index in [9.17, 15) is 0 Å². The van der Waals surface area contributed by atoms with Crippen molar-refractivity contribution in [2.45, 2.75) is 33.4 Å². The summed E-state index contributed by atoms with van der Waals surface area (Å²) in [6.07, 6.45) is 3.37. The second-order valence-corrected chi connectivity index (χ2v) is 4.80. The van der Waals surface area contributed by atoms with Gasteiger partial charge in [-0.15, -0.1) is 0 Å². The van der Waals surface area contributed by atoms with Crippen LogP contribution in [0.4, 0.5) is 0 Å². The van der Waals surface area contributed by atoms with E-state index in [-0.39, 0.29) is 0 Å². The van der Waals surface area contributed by atoms with Gasteiger partial charge in [0.25, 0.3) is 0 Å². The first-order valence-corrected chi connectivity index (χ1v) is 6.42. The molecule has 0 fully saturated rings. The monoisotopic (exact) mass is 257 g/mol. The lowest BCUT2D eigenvalue weighted by atomic mass is 10.2. The highest BCUT2D eigenvalue weighted by Gasteiger charge is 2.02. The van der Waals surface area contributed by atoms with E-state index < -0.39 is 0 Å². The van der Waals surface area contributed by atoms with Crippen LogP contribution < -0.4 is 10.1 Å². The van der Waals surface area contributed by atoms with E-state index in [4.69, 9.17) is 4.74 Å². The molecule has 2 rings (SSSR count). The lowest BCUT2D eigenvalue weighted by Gasteiger charge is -2.09. The molecule has 1 aromatic heterocycles. The molecule has 4 nitrogen and oxygen atoms in total. The number of ether oxygens (including phenoxy) is 1. The maximum atomic E-state index is 5.71. The quantitative estimate of drug-likeness (QED) is 0.894. The number of rotatable bonds is 5. The van der Waals surface area contributed by atoms with Crippen molar-refractivity contribution in [1.29, 1.82) is 0 Å². The van der Waals surface area contributed by atoms with Crippen LogP contribution in [0, 0.1) is 6.92 Å². The third kappa shape index (κ3) is 4.34. The van der Waals surface area contributed by atoms with Crippen molar-refractivity contribution in [1.82, 2.24) is 15.3 Å². The molecule has 0 amide bonds. The second kappa shape index (κ2) is 6.29. The molecule has 0 unspecified atom stereocenters. The Hall–Kier alpha value is -1.94. The van der Waals surface area contributed by atoms with Crippen LogP contribution >= 0.6 is 0 Å². The van der Waals surface area contributed by atoms with Gasteiger partial charge in [-0.3, -0.25) is 4.98 Å². The molecular formula is C15H19N3O. The third-order valence-corrected chi connectivity index (χ3v) is 2.57. The maximum Gasteiger partial charge on any atom is 0.238 e. The highest BCUT2D eigenvalue weighted by atomic mass is 16.5. The van der Waals surface area contributed by atoms with Crippen LogP contribution in [0.25, 0.3) is 0 Å². The summed E-state index contributed by atoms with van der Waals surface area (Å²) in [5, 5.41) is 3.30. The summed E-state index contributed by atoms with van der Waals surface area (Å²) in [6.45, 7) is 6.91. The number of aryl methyl sites for hydroxylation is 1. The lowest BCUT2D eigenvalue weighted by Crippen LogP contribution is -2.22. The van der Waals surface area contributed by atoms with Gasteiger partial charge in [0, 0.05) is 18.8 Å². The van der Waals surface area contributed by atoms with E-state index in [2.05, 4.69) is 29.1 Å².